The van der Waals surface area contributed by atoms with Crippen molar-refractivity contribution in [2.45, 2.75) is 24.7 Å². The highest BCUT2D eigenvalue weighted by atomic mass is 15.2. The second kappa shape index (κ2) is 15.4. The Bertz CT molecular complexity index is 3740. The lowest BCUT2D eigenvalue weighted by Gasteiger charge is -2.51. The van der Waals surface area contributed by atoms with Crippen LogP contribution in [0.4, 0.5) is 34.1 Å². The van der Waals surface area contributed by atoms with Gasteiger partial charge in [-0.05, 0) is 149 Å². The third-order valence-electron chi connectivity index (χ3n) is 15.7. The zero-order chi connectivity index (χ0) is 46.6. The van der Waals surface area contributed by atoms with Crippen LogP contribution in [0.3, 0.4) is 0 Å². The van der Waals surface area contributed by atoms with Gasteiger partial charge in [-0.1, -0.05) is 208 Å². The molecule has 0 radical (unpaired) electrons. The highest BCUT2D eigenvalue weighted by Crippen LogP contribution is 2.64. The number of rotatable bonds is 5. The zero-order valence-electron chi connectivity index (χ0n) is 39.1. The largest absolute Gasteiger partial charge is 0.310 e. The predicted molar refractivity (Wildman–Crippen MR) is 293 cm³/mol. The third-order valence-corrected chi connectivity index (χ3v) is 15.7. The van der Waals surface area contributed by atoms with Gasteiger partial charge in [0.05, 0.1) is 28.2 Å². The van der Waals surface area contributed by atoms with Gasteiger partial charge in [0.25, 0.3) is 0 Å². The van der Waals surface area contributed by atoms with Crippen molar-refractivity contribution in [3.05, 3.63) is 288 Å². The van der Waals surface area contributed by atoms with Crippen molar-refractivity contribution in [2.75, 3.05) is 9.80 Å². The summed E-state index contributed by atoms with van der Waals surface area (Å²) in [7, 11) is 0. The average Bonchev–Trinajstić information content (AvgIpc) is 3.67. The van der Waals surface area contributed by atoms with Crippen LogP contribution < -0.4 is 9.80 Å². The van der Waals surface area contributed by atoms with Gasteiger partial charge in [-0.25, -0.2) is 0 Å². The fraction of sp³-hybridized carbons (Fsp3) is 0.0588. The monoisotopic (exact) mass is 892 g/mol. The van der Waals surface area contributed by atoms with E-state index in [1.54, 1.807) is 0 Å². The van der Waals surface area contributed by atoms with Crippen molar-refractivity contribution in [1.82, 2.24) is 0 Å². The van der Waals surface area contributed by atoms with Crippen LogP contribution in [0.25, 0.3) is 55.3 Å². The van der Waals surface area contributed by atoms with E-state index in [0.717, 1.165) is 17.1 Å². The molecule has 2 heteroatoms. The fourth-order valence-electron chi connectivity index (χ4n) is 12.4. The Balaban J connectivity index is 1.02. The summed E-state index contributed by atoms with van der Waals surface area (Å²) < 4.78 is 0. The first-order valence-electron chi connectivity index (χ1n) is 24.5. The van der Waals surface area contributed by atoms with Gasteiger partial charge in [-0.15, -0.1) is 0 Å². The van der Waals surface area contributed by atoms with Crippen LogP contribution in [-0.2, 0) is 10.8 Å². The van der Waals surface area contributed by atoms with Gasteiger partial charge < -0.3 is 9.80 Å². The number of nitrogens with zero attached hydrogens (tertiary/aromatic N) is 2. The molecule has 0 saturated heterocycles. The molecule has 1 aliphatic carbocycles. The Kier molecular flexibility index (Phi) is 8.88. The molecule has 0 fully saturated rings. The van der Waals surface area contributed by atoms with E-state index in [1.807, 2.05) is 0 Å². The van der Waals surface area contributed by atoms with Crippen LogP contribution in [0.15, 0.2) is 255 Å². The molecule has 11 aromatic rings. The minimum atomic E-state index is -0.683. The number of fused-ring (bicyclic) bond motifs is 13. The maximum Gasteiger partial charge on any atom is 0.0783 e. The molecular formula is C68H48N2. The molecule has 0 amide bonds. The van der Waals surface area contributed by atoms with E-state index in [-0.39, 0.29) is 5.41 Å². The lowest BCUT2D eigenvalue weighted by atomic mass is 9.60. The quantitative estimate of drug-likeness (QED) is 0.170. The molecular weight excluding hydrogens is 845 g/mol. The van der Waals surface area contributed by atoms with Gasteiger partial charge in [0.1, 0.15) is 0 Å². The highest BCUT2D eigenvalue weighted by molar-refractivity contribution is 6.05. The number of benzene rings is 11. The van der Waals surface area contributed by atoms with Gasteiger partial charge in [0.2, 0.25) is 0 Å². The Hall–Kier alpha value is -8.72. The van der Waals surface area contributed by atoms with Crippen molar-refractivity contribution in [3.63, 3.8) is 0 Å². The maximum atomic E-state index is 2.52. The molecule has 0 saturated carbocycles. The van der Waals surface area contributed by atoms with Gasteiger partial charge in [0, 0.05) is 16.8 Å². The minimum absolute atomic E-state index is 0.0793. The van der Waals surface area contributed by atoms with E-state index in [4.69, 9.17) is 0 Å². The fourth-order valence-corrected chi connectivity index (χ4v) is 12.4. The summed E-state index contributed by atoms with van der Waals surface area (Å²) in [6.45, 7) is 4.74. The molecule has 0 N–H and O–H groups in total. The lowest BCUT2D eigenvalue weighted by Crippen LogP contribution is -2.42. The Morgan fingerprint density at radius 2 is 0.686 bits per heavy atom. The Morgan fingerprint density at radius 3 is 1.23 bits per heavy atom. The molecule has 2 heterocycles. The van der Waals surface area contributed by atoms with Gasteiger partial charge in [0.15, 0.2) is 0 Å². The van der Waals surface area contributed by atoms with E-state index in [0.29, 0.717) is 0 Å². The molecule has 11 aromatic carbocycles. The smallest absolute Gasteiger partial charge is 0.0783 e. The molecule has 0 aromatic heterocycles. The van der Waals surface area contributed by atoms with Crippen LogP contribution in [0.5, 0.6) is 0 Å². The van der Waals surface area contributed by atoms with E-state index in [2.05, 4.69) is 278 Å². The molecule has 3 aliphatic rings. The lowest BCUT2D eigenvalue weighted by molar-refractivity contribution is 0.661. The van der Waals surface area contributed by atoms with Gasteiger partial charge in [-0.3, -0.25) is 0 Å². The number of anilines is 6. The summed E-state index contributed by atoms with van der Waals surface area (Å²) in [5.74, 6) is 0. The normalized spacial score (nSPS) is 14.3. The molecule has 70 heavy (non-hydrogen) atoms. The van der Waals surface area contributed by atoms with Crippen LogP contribution in [0.2, 0.25) is 0 Å². The van der Waals surface area contributed by atoms with E-state index < -0.39 is 5.41 Å². The molecule has 14 rings (SSSR count). The van der Waals surface area contributed by atoms with E-state index in [1.165, 1.54) is 106 Å². The standard InChI is InChI=1S/C68H48N2/c1-67(2)56-22-10-9-21-54(56)66-55-43-50(30-29-49(55)35-41-60(66)67)51-36-42-65-61(44-51)68(59-25-13-16-28-64(59)70(65)53-39-33-48(34-40-53)46-19-7-4-8-20-46)57-23-11-14-26-62(57)69(63-27-15-12-24-58(63)68)52-37-31-47(32-38-52)45-17-5-3-6-18-45/h3-44H,1-2H3. The summed E-state index contributed by atoms with van der Waals surface area (Å²) >= 11 is 0. The van der Waals surface area contributed by atoms with E-state index in [9.17, 15) is 0 Å². The summed E-state index contributed by atoms with van der Waals surface area (Å²) in [5, 5.41) is 2.56. The van der Waals surface area contributed by atoms with Crippen molar-refractivity contribution in [3.8, 4) is 44.5 Å². The van der Waals surface area contributed by atoms with Crippen molar-refractivity contribution >= 4 is 44.9 Å². The second-order valence-electron chi connectivity index (χ2n) is 19.6. The molecule has 0 bridgehead atoms. The minimum Gasteiger partial charge on any atom is -0.310 e. The van der Waals surface area contributed by atoms with Crippen LogP contribution in [0.1, 0.15) is 47.2 Å². The third kappa shape index (κ3) is 5.80. The molecule has 2 nitrogen and oxygen atoms in total. The zero-order valence-corrected chi connectivity index (χ0v) is 39.1. The SMILES string of the molecule is CC1(C)c2ccccc2-c2c1ccc1ccc(-c3ccc4c(c3)C3(c5ccccc5N(c5ccc(-c6ccccc6)cc5)c5ccccc53)c3ccccc3N4c3ccc(-c4ccccc4)cc3)cc21. The summed E-state index contributed by atoms with van der Waals surface area (Å²) in [4.78, 5) is 4.98. The van der Waals surface area contributed by atoms with Crippen molar-refractivity contribution < 1.29 is 0 Å². The molecule has 0 unspecified atom stereocenters. The first-order chi connectivity index (χ1) is 34.5. The summed E-state index contributed by atoms with van der Waals surface area (Å²) in [5.41, 5.74) is 23.9. The van der Waals surface area contributed by atoms with Gasteiger partial charge in [-0.2, -0.15) is 0 Å². The summed E-state index contributed by atoms with van der Waals surface area (Å²) in [6, 6.07) is 95.0. The van der Waals surface area contributed by atoms with Crippen molar-refractivity contribution in [1.29, 1.82) is 0 Å². The Morgan fingerprint density at radius 1 is 0.286 bits per heavy atom. The topological polar surface area (TPSA) is 6.48 Å². The summed E-state index contributed by atoms with van der Waals surface area (Å²) in [6.07, 6.45) is 0. The molecule has 1 spiro atoms. The molecule has 330 valence electrons. The van der Waals surface area contributed by atoms with E-state index >= 15 is 0 Å². The molecule has 0 atom stereocenters. The first-order valence-corrected chi connectivity index (χ1v) is 24.5. The first kappa shape index (κ1) is 40.4. The van der Waals surface area contributed by atoms with Crippen molar-refractivity contribution in [2.24, 2.45) is 0 Å². The number of hydrogen-bond acceptors (Lipinski definition) is 2. The number of hydrogen-bond donors (Lipinski definition) is 0. The molecule has 2 aliphatic heterocycles. The van der Waals surface area contributed by atoms with Crippen LogP contribution in [0, 0.1) is 0 Å². The van der Waals surface area contributed by atoms with Gasteiger partial charge >= 0.3 is 0 Å². The number of para-hydroxylation sites is 3. The predicted octanol–water partition coefficient (Wildman–Crippen LogP) is 18.1. The maximum absolute atomic E-state index is 2.52. The highest BCUT2D eigenvalue weighted by Gasteiger charge is 2.52. The van der Waals surface area contributed by atoms with Crippen LogP contribution in [-0.4, -0.2) is 0 Å². The average molecular weight is 893 g/mol. The Labute approximate surface area is 410 Å². The second-order valence-corrected chi connectivity index (χ2v) is 19.6. The van der Waals surface area contributed by atoms with Crippen LogP contribution >= 0.6 is 0 Å².